The second-order valence-electron chi connectivity index (χ2n) is 6.74. The quantitative estimate of drug-likeness (QED) is 0.409. The van der Waals surface area contributed by atoms with Crippen LogP contribution in [0.15, 0.2) is 84.4 Å². The van der Waals surface area contributed by atoms with E-state index in [-0.39, 0.29) is 5.91 Å². The van der Waals surface area contributed by atoms with E-state index in [4.69, 9.17) is 27.9 Å². The Hall–Kier alpha value is -3.01. The standard InChI is InChI=1S/C25H19Cl2NO2/c1-2-30-21-11-8-17(9-12-21)14-19-15-24(18-6-4-3-5-7-18)28(25(19)29)20-10-13-22(26)23(27)16-20/h3-16H,2H2,1H3/b19-14+. The molecule has 4 rings (SSSR count). The van der Waals surface area contributed by atoms with Crippen molar-refractivity contribution < 1.29 is 9.53 Å². The normalized spacial score (nSPS) is 14.9. The van der Waals surface area contributed by atoms with Crippen molar-refractivity contribution in [1.82, 2.24) is 0 Å². The molecule has 150 valence electrons. The molecule has 5 heteroatoms. The van der Waals surface area contributed by atoms with Crippen LogP contribution < -0.4 is 9.64 Å². The molecule has 0 N–H and O–H groups in total. The number of benzene rings is 3. The van der Waals surface area contributed by atoms with Crippen LogP contribution in [0.4, 0.5) is 5.69 Å². The first-order chi connectivity index (χ1) is 14.6. The summed E-state index contributed by atoms with van der Waals surface area (Å²) in [4.78, 5) is 15.0. The molecule has 0 saturated heterocycles. The number of amides is 1. The third-order valence-corrected chi connectivity index (χ3v) is 5.47. The van der Waals surface area contributed by atoms with E-state index >= 15 is 0 Å². The van der Waals surface area contributed by atoms with Crippen LogP contribution in [0, 0.1) is 0 Å². The maximum atomic E-state index is 13.4. The molecule has 3 nitrogen and oxygen atoms in total. The number of carbonyl (C=O) groups is 1. The van der Waals surface area contributed by atoms with Gasteiger partial charge in [0.1, 0.15) is 5.75 Å². The molecule has 0 aromatic heterocycles. The minimum atomic E-state index is -0.124. The van der Waals surface area contributed by atoms with Crippen LogP contribution in [0.3, 0.4) is 0 Å². The van der Waals surface area contributed by atoms with Crippen LogP contribution in [-0.2, 0) is 4.79 Å². The number of ether oxygens (including phenoxy) is 1. The molecule has 0 fully saturated rings. The summed E-state index contributed by atoms with van der Waals surface area (Å²) < 4.78 is 5.49. The average molecular weight is 436 g/mol. The molecule has 0 bridgehead atoms. The van der Waals surface area contributed by atoms with Gasteiger partial charge < -0.3 is 4.74 Å². The van der Waals surface area contributed by atoms with Gasteiger partial charge in [0, 0.05) is 5.57 Å². The van der Waals surface area contributed by atoms with E-state index in [2.05, 4.69) is 0 Å². The van der Waals surface area contributed by atoms with E-state index in [1.165, 1.54) is 0 Å². The second-order valence-corrected chi connectivity index (χ2v) is 7.55. The van der Waals surface area contributed by atoms with Gasteiger partial charge in [0.2, 0.25) is 0 Å². The predicted octanol–water partition coefficient (Wildman–Crippen LogP) is 6.86. The van der Waals surface area contributed by atoms with Crippen LogP contribution in [-0.4, -0.2) is 12.5 Å². The number of hydrogen-bond donors (Lipinski definition) is 0. The number of anilines is 1. The lowest BCUT2D eigenvalue weighted by molar-refractivity contribution is -0.113. The molecular weight excluding hydrogens is 417 g/mol. The molecule has 0 radical (unpaired) electrons. The zero-order valence-electron chi connectivity index (χ0n) is 16.3. The Morgan fingerprint density at radius 3 is 2.33 bits per heavy atom. The van der Waals surface area contributed by atoms with E-state index in [1.54, 1.807) is 23.1 Å². The monoisotopic (exact) mass is 435 g/mol. The van der Waals surface area contributed by atoms with E-state index in [9.17, 15) is 4.79 Å². The Balaban J connectivity index is 1.76. The zero-order valence-corrected chi connectivity index (χ0v) is 17.8. The number of rotatable bonds is 5. The summed E-state index contributed by atoms with van der Waals surface area (Å²) >= 11 is 12.3. The fourth-order valence-corrected chi connectivity index (χ4v) is 3.62. The SMILES string of the molecule is CCOc1ccc(/C=C2\C=C(c3ccccc3)N(c3ccc(Cl)c(Cl)c3)C2=O)cc1. The highest BCUT2D eigenvalue weighted by molar-refractivity contribution is 6.42. The third kappa shape index (κ3) is 4.13. The molecule has 0 atom stereocenters. The van der Waals surface area contributed by atoms with Gasteiger partial charge in [-0.2, -0.15) is 0 Å². The van der Waals surface area contributed by atoms with Gasteiger partial charge in [-0.15, -0.1) is 0 Å². The fourth-order valence-electron chi connectivity index (χ4n) is 3.32. The van der Waals surface area contributed by atoms with Gasteiger partial charge >= 0.3 is 0 Å². The minimum absolute atomic E-state index is 0.124. The topological polar surface area (TPSA) is 29.5 Å². The second kappa shape index (κ2) is 8.78. The van der Waals surface area contributed by atoms with Crippen LogP contribution in [0.25, 0.3) is 11.8 Å². The molecule has 0 aliphatic carbocycles. The van der Waals surface area contributed by atoms with Crippen LogP contribution in [0.2, 0.25) is 10.0 Å². The highest BCUT2D eigenvalue weighted by Gasteiger charge is 2.30. The first-order valence-electron chi connectivity index (χ1n) is 9.58. The van der Waals surface area contributed by atoms with Crippen molar-refractivity contribution in [2.75, 3.05) is 11.5 Å². The van der Waals surface area contributed by atoms with Gasteiger partial charge in [-0.1, -0.05) is 65.7 Å². The summed E-state index contributed by atoms with van der Waals surface area (Å²) in [6.07, 6.45) is 3.77. The molecule has 3 aromatic carbocycles. The van der Waals surface area contributed by atoms with Gasteiger partial charge in [-0.3, -0.25) is 9.69 Å². The highest BCUT2D eigenvalue weighted by atomic mass is 35.5. The van der Waals surface area contributed by atoms with Crippen molar-refractivity contribution in [3.8, 4) is 5.75 Å². The molecule has 0 spiro atoms. The largest absolute Gasteiger partial charge is 0.494 e. The van der Waals surface area contributed by atoms with Crippen molar-refractivity contribution in [3.05, 3.63) is 106 Å². The highest BCUT2D eigenvalue weighted by Crippen LogP contribution is 2.37. The molecule has 1 aliphatic rings. The lowest BCUT2D eigenvalue weighted by Gasteiger charge is -2.21. The van der Waals surface area contributed by atoms with E-state index in [0.29, 0.717) is 27.9 Å². The van der Waals surface area contributed by atoms with Crippen molar-refractivity contribution in [1.29, 1.82) is 0 Å². The summed E-state index contributed by atoms with van der Waals surface area (Å²) in [7, 11) is 0. The summed E-state index contributed by atoms with van der Waals surface area (Å²) in [5.74, 6) is 0.677. The van der Waals surface area contributed by atoms with E-state index in [1.807, 2.05) is 73.7 Å². The van der Waals surface area contributed by atoms with E-state index < -0.39 is 0 Å². The van der Waals surface area contributed by atoms with Gasteiger partial charge in [-0.05, 0) is 60.5 Å². The van der Waals surface area contributed by atoms with Crippen molar-refractivity contribution >= 4 is 46.6 Å². The van der Waals surface area contributed by atoms with E-state index in [0.717, 1.165) is 22.6 Å². The zero-order chi connectivity index (χ0) is 21.1. The van der Waals surface area contributed by atoms with Crippen LogP contribution >= 0.6 is 23.2 Å². The first-order valence-corrected chi connectivity index (χ1v) is 10.3. The summed E-state index contributed by atoms with van der Waals surface area (Å²) in [6.45, 7) is 2.56. The molecule has 1 heterocycles. The van der Waals surface area contributed by atoms with Crippen molar-refractivity contribution in [2.24, 2.45) is 0 Å². The lowest BCUT2D eigenvalue weighted by Crippen LogP contribution is -2.24. The van der Waals surface area contributed by atoms with Crippen molar-refractivity contribution in [2.45, 2.75) is 6.92 Å². The molecule has 30 heavy (non-hydrogen) atoms. The lowest BCUT2D eigenvalue weighted by atomic mass is 10.1. The number of carbonyl (C=O) groups excluding carboxylic acids is 1. The number of halogens is 2. The summed E-state index contributed by atoms with van der Waals surface area (Å²) in [6, 6.07) is 22.6. The van der Waals surface area contributed by atoms with Crippen LogP contribution in [0.1, 0.15) is 18.1 Å². The van der Waals surface area contributed by atoms with Crippen LogP contribution in [0.5, 0.6) is 5.75 Å². The van der Waals surface area contributed by atoms with Crippen molar-refractivity contribution in [3.63, 3.8) is 0 Å². The Bertz CT molecular complexity index is 1140. The smallest absolute Gasteiger partial charge is 0.262 e. The minimum Gasteiger partial charge on any atom is -0.494 e. The van der Waals surface area contributed by atoms with Gasteiger partial charge in [0.25, 0.3) is 5.91 Å². The molecule has 3 aromatic rings. The third-order valence-electron chi connectivity index (χ3n) is 4.73. The van der Waals surface area contributed by atoms with Gasteiger partial charge in [0.05, 0.1) is 28.0 Å². The van der Waals surface area contributed by atoms with Gasteiger partial charge in [0.15, 0.2) is 0 Å². The Labute approximate surface area is 185 Å². The maximum absolute atomic E-state index is 13.4. The molecule has 0 unspecified atom stereocenters. The average Bonchev–Trinajstić information content (AvgIpc) is 3.08. The molecule has 1 aliphatic heterocycles. The Morgan fingerprint density at radius 2 is 1.67 bits per heavy atom. The fraction of sp³-hybridized carbons (Fsp3) is 0.0800. The summed E-state index contributed by atoms with van der Waals surface area (Å²) in [5, 5.41) is 0.848. The Kier molecular flexibility index (Phi) is 5.93. The maximum Gasteiger partial charge on any atom is 0.262 e. The summed E-state index contributed by atoms with van der Waals surface area (Å²) in [5.41, 5.74) is 3.90. The van der Waals surface area contributed by atoms with Gasteiger partial charge in [-0.25, -0.2) is 0 Å². The first kappa shape index (κ1) is 20.3. The molecule has 0 saturated carbocycles. The molecular formula is C25H19Cl2NO2. The predicted molar refractivity (Wildman–Crippen MR) is 124 cm³/mol. The number of nitrogens with zero attached hydrogens (tertiary/aromatic N) is 1. The number of hydrogen-bond acceptors (Lipinski definition) is 2. The Morgan fingerprint density at radius 1 is 0.933 bits per heavy atom. The molecule has 1 amide bonds.